The number of rotatable bonds is 10. The number of nitrogens with one attached hydrogen (secondary N) is 2. The van der Waals surface area contributed by atoms with Gasteiger partial charge in [0.2, 0.25) is 5.91 Å². The first-order chi connectivity index (χ1) is 17.4. The summed E-state index contributed by atoms with van der Waals surface area (Å²) in [4.78, 5) is 48.9. The Hall–Kier alpha value is -3.44. The minimum Gasteiger partial charge on any atom is -0.378 e. The Bertz CT molecular complexity index is 1300. The fourth-order valence-electron chi connectivity index (χ4n) is 4.52. The summed E-state index contributed by atoms with van der Waals surface area (Å²) >= 11 is 0. The number of nitrogens with zero attached hydrogens (tertiary/aromatic N) is 5. The van der Waals surface area contributed by atoms with E-state index in [-0.39, 0.29) is 12.5 Å². The van der Waals surface area contributed by atoms with Crippen LogP contribution in [0, 0.1) is 0 Å². The van der Waals surface area contributed by atoms with Crippen molar-refractivity contribution in [3.8, 4) is 0 Å². The lowest BCUT2D eigenvalue weighted by Gasteiger charge is -2.28. The standard InChI is InChI=1S/C25H35N7O4/c1-4-6-11-32-23-22(24(34)28-25(32)35)31(5-2)20(27-23)16-29(3)17-21(33)26-18-7-9-19(10-8-18)30-12-14-36-15-13-30/h7-10H,4-6,11-17H2,1-3H3,(H,26,33)(H,28,34,35). The van der Waals surface area contributed by atoms with Gasteiger partial charge >= 0.3 is 5.69 Å². The van der Waals surface area contributed by atoms with E-state index >= 15 is 0 Å². The monoisotopic (exact) mass is 497 g/mol. The molecule has 1 fully saturated rings. The van der Waals surface area contributed by atoms with Crippen molar-refractivity contribution in [2.75, 3.05) is 50.1 Å². The van der Waals surface area contributed by atoms with Gasteiger partial charge in [-0.25, -0.2) is 9.78 Å². The molecule has 2 N–H and O–H groups in total. The van der Waals surface area contributed by atoms with Crippen molar-refractivity contribution >= 4 is 28.4 Å². The molecule has 1 aliphatic heterocycles. The highest BCUT2D eigenvalue weighted by atomic mass is 16.5. The fraction of sp³-hybridized carbons (Fsp3) is 0.520. The number of imidazole rings is 1. The van der Waals surface area contributed by atoms with Crippen molar-refractivity contribution in [1.29, 1.82) is 0 Å². The van der Waals surface area contributed by atoms with Crippen LogP contribution in [0.15, 0.2) is 33.9 Å². The molecule has 1 amide bonds. The third kappa shape index (κ3) is 5.68. The van der Waals surface area contributed by atoms with Crippen molar-refractivity contribution in [1.82, 2.24) is 24.0 Å². The van der Waals surface area contributed by atoms with Crippen LogP contribution in [0.2, 0.25) is 0 Å². The molecule has 194 valence electrons. The second kappa shape index (κ2) is 11.5. The van der Waals surface area contributed by atoms with Crippen LogP contribution in [0.1, 0.15) is 32.5 Å². The zero-order valence-corrected chi connectivity index (χ0v) is 21.2. The molecule has 0 unspecified atom stereocenters. The number of H-pyrrole nitrogens is 1. The summed E-state index contributed by atoms with van der Waals surface area (Å²) in [5.74, 6) is 0.493. The summed E-state index contributed by atoms with van der Waals surface area (Å²) < 4.78 is 8.74. The Kier molecular flexibility index (Phi) is 8.21. The number of fused-ring (bicyclic) bond motifs is 1. The maximum Gasteiger partial charge on any atom is 0.330 e. The first-order valence-corrected chi connectivity index (χ1v) is 12.5. The van der Waals surface area contributed by atoms with Crippen molar-refractivity contribution in [3.63, 3.8) is 0 Å². The first-order valence-electron chi connectivity index (χ1n) is 12.5. The Morgan fingerprint density at radius 3 is 2.53 bits per heavy atom. The quantitative estimate of drug-likeness (QED) is 0.437. The van der Waals surface area contributed by atoms with E-state index in [4.69, 9.17) is 4.74 Å². The number of likely N-dealkylation sites (N-methyl/N-ethyl adjacent to an activating group) is 1. The molecule has 3 heterocycles. The van der Waals surface area contributed by atoms with Gasteiger partial charge < -0.3 is 19.5 Å². The average Bonchev–Trinajstić information content (AvgIpc) is 3.23. The van der Waals surface area contributed by atoms with Gasteiger partial charge in [0.05, 0.1) is 26.3 Å². The van der Waals surface area contributed by atoms with E-state index in [9.17, 15) is 14.4 Å². The van der Waals surface area contributed by atoms with E-state index in [1.807, 2.05) is 54.6 Å². The van der Waals surface area contributed by atoms with E-state index in [0.717, 1.165) is 50.5 Å². The Morgan fingerprint density at radius 1 is 1.14 bits per heavy atom. The normalized spacial score (nSPS) is 14.1. The summed E-state index contributed by atoms with van der Waals surface area (Å²) in [7, 11) is 1.83. The van der Waals surface area contributed by atoms with Crippen molar-refractivity contribution in [2.24, 2.45) is 0 Å². The molecule has 0 radical (unpaired) electrons. The molecule has 0 atom stereocenters. The van der Waals surface area contributed by atoms with Gasteiger partial charge in [-0.05, 0) is 44.7 Å². The highest BCUT2D eigenvalue weighted by molar-refractivity contribution is 5.92. The van der Waals surface area contributed by atoms with Gasteiger partial charge in [0, 0.05) is 37.6 Å². The van der Waals surface area contributed by atoms with E-state index in [0.29, 0.717) is 36.6 Å². The number of hydrogen-bond donors (Lipinski definition) is 2. The Morgan fingerprint density at radius 2 is 1.86 bits per heavy atom. The van der Waals surface area contributed by atoms with Crippen molar-refractivity contribution in [2.45, 2.75) is 46.3 Å². The SMILES string of the molecule is CCCCn1c(=O)[nH]c(=O)c2c1nc(CN(C)CC(=O)Nc1ccc(N3CCOCC3)cc1)n2CC. The average molecular weight is 498 g/mol. The van der Waals surface area contributed by atoms with Crippen LogP contribution in [0.25, 0.3) is 11.2 Å². The lowest BCUT2D eigenvalue weighted by Crippen LogP contribution is -2.36. The molecule has 11 nitrogen and oxygen atoms in total. The lowest BCUT2D eigenvalue weighted by atomic mass is 10.2. The van der Waals surface area contributed by atoms with E-state index in [2.05, 4.69) is 20.2 Å². The first kappa shape index (κ1) is 25.6. The highest BCUT2D eigenvalue weighted by Gasteiger charge is 2.19. The third-order valence-electron chi connectivity index (χ3n) is 6.37. The number of aromatic nitrogens is 4. The number of benzene rings is 1. The molecule has 1 aliphatic rings. The fourth-order valence-corrected chi connectivity index (χ4v) is 4.52. The minimum atomic E-state index is -0.444. The third-order valence-corrected chi connectivity index (χ3v) is 6.37. The molecule has 4 rings (SSSR count). The van der Waals surface area contributed by atoms with Gasteiger partial charge in [-0.2, -0.15) is 0 Å². The van der Waals surface area contributed by atoms with E-state index < -0.39 is 11.2 Å². The van der Waals surface area contributed by atoms with Gasteiger partial charge in [-0.3, -0.25) is 24.0 Å². The molecule has 0 aliphatic carbocycles. The summed E-state index contributed by atoms with van der Waals surface area (Å²) in [5.41, 5.74) is 1.75. The number of carbonyl (C=O) groups is 1. The zero-order chi connectivity index (χ0) is 25.7. The van der Waals surface area contributed by atoms with Gasteiger partial charge in [0.1, 0.15) is 5.82 Å². The topological polar surface area (TPSA) is 117 Å². The highest BCUT2D eigenvalue weighted by Crippen LogP contribution is 2.19. The van der Waals surface area contributed by atoms with Gasteiger partial charge in [-0.15, -0.1) is 0 Å². The second-order valence-corrected chi connectivity index (χ2v) is 9.08. The Labute approximate surface area is 209 Å². The van der Waals surface area contributed by atoms with Crippen LogP contribution in [-0.4, -0.2) is 69.8 Å². The van der Waals surface area contributed by atoms with Crippen LogP contribution in [-0.2, 0) is 29.2 Å². The smallest absolute Gasteiger partial charge is 0.330 e. The number of carbonyl (C=O) groups excluding carboxylic acids is 1. The van der Waals surface area contributed by atoms with Gasteiger partial charge in [-0.1, -0.05) is 13.3 Å². The van der Waals surface area contributed by atoms with Crippen LogP contribution in [0.5, 0.6) is 0 Å². The summed E-state index contributed by atoms with van der Waals surface area (Å²) in [6.45, 7) is 8.66. The van der Waals surface area contributed by atoms with E-state index in [1.165, 1.54) is 4.57 Å². The predicted molar refractivity (Wildman–Crippen MR) is 140 cm³/mol. The molecule has 1 saturated heterocycles. The number of aromatic amines is 1. The van der Waals surface area contributed by atoms with Crippen LogP contribution in [0.3, 0.4) is 0 Å². The number of ether oxygens (including phenoxy) is 1. The summed E-state index contributed by atoms with van der Waals surface area (Å²) in [5, 5.41) is 2.94. The molecular weight excluding hydrogens is 462 g/mol. The van der Waals surface area contributed by atoms with Crippen LogP contribution >= 0.6 is 0 Å². The van der Waals surface area contributed by atoms with Crippen LogP contribution < -0.4 is 21.5 Å². The number of aryl methyl sites for hydroxylation is 2. The lowest BCUT2D eigenvalue weighted by molar-refractivity contribution is -0.117. The minimum absolute atomic E-state index is 0.145. The van der Waals surface area contributed by atoms with Crippen LogP contribution in [0.4, 0.5) is 11.4 Å². The molecule has 3 aromatic rings. The van der Waals surface area contributed by atoms with Gasteiger partial charge in [0.25, 0.3) is 5.56 Å². The molecule has 2 aromatic heterocycles. The van der Waals surface area contributed by atoms with Gasteiger partial charge in [0.15, 0.2) is 11.2 Å². The second-order valence-electron chi connectivity index (χ2n) is 9.08. The number of hydrogen-bond acceptors (Lipinski definition) is 7. The maximum absolute atomic E-state index is 12.7. The predicted octanol–water partition coefficient (Wildman–Crippen LogP) is 1.61. The molecule has 0 spiro atoms. The largest absolute Gasteiger partial charge is 0.378 e. The Balaban J connectivity index is 1.44. The molecular formula is C25H35N7O4. The maximum atomic E-state index is 12.7. The molecule has 36 heavy (non-hydrogen) atoms. The number of morpholine rings is 1. The number of unbranched alkanes of at least 4 members (excludes halogenated alkanes) is 1. The van der Waals surface area contributed by atoms with Crippen molar-refractivity contribution in [3.05, 3.63) is 50.9 Å². The van der Waals surface area contributed by atoms with Crippen molar-refractivity contribution < 1.29 is 9.53 Å². The number of amides is 1. The molecule has 1 aromatic carbocycles. The summed E-state index contributed by atoms with van der Waals surface area (Å²) in [6.07, 6.45) is 1.73. The molecule has 0 saturated carbocycles. The molecule has 11 heteroatoms. The zero-order valence-electron chi connectivity index (χ0n) is 21.2. The molecule has 0 bridgehead atoms. The van der Waals surface area contributed by atoms with E-state index in [1.54, 1.807) is 0 Å². The number of anilines is 2. The summed E-state index contributed by atoms with van der Waals surface area (Å²) in [6, 6.07) is 7.82.